The molecular formula is C17H17N5O. The minimum absolute atomic E-state index is 0.0971. The zero-order chi connectivity index (χ0) is 16.1. The summed E-state index contributed by atoms with van der Waals surface area (Å²) in [5.74, 6) is -0.241. The fourth-order valence-corrected chi connectivity index (χ4v) is 2.55. The van der Waals surface area contributed by atoms with Crippen molar-refractivity contribution in [2.75, 3.05) is 31.5 Å². The SMILES string of the molecule is N#C/C(=C/Nc1cccc2cccnc12)C(=O)N1CCNCC1. The van der Waals surface area contributed by atoms with E-state index in [0.29, 0.717) is 13.1 Å². The van der Waals surface area contributed by atoms with Gasteiger partial charge in [0.2, 0.25) is 0 Å². The van der Waals surface area contributed by atoms with Gasteiger partial charge in [-0.15, -0.1) is 0 Å². The molecule has 0 spiro atoms. The summed E-state index contributed by atoms with van der Waals surface area (Å²) in [5, 5.41) is 16.5. The van der Waals surface area contributed by atoms with Gasteiger partial charge in [0.05, 0.1) is 11.2 Å². The number of fused-ring (bicyclic) bond motifs is 1. The highest BCUT2D eigenvalue weighted by atomic mass is 16.2. The number of rotatable bonds is 3. The number of hydrogen-bond donors (Lipinski definition) is 2. The third kappa shape index (κ3) is 3.30. The van der Waals surface area contributed by atoms with Crippen LogP contribution in [-0.4, -0.2) is 42.0 Å². The summed E-state index contributed by atoms with van der Waals surface area (Å²) in [4.78, 5) is 18.4. The molecule has 0 unspecified atom stereocenters. The first-order valence-electron chi connectivity index (χ1n) is 7.50. The zero-order valence-electron chi connectivity index (χ0n) is 12.6. The number of hydrogen-bond acceptors (Lipinski definition) is 5. The second-order valence-electron chi connectivity index (χ2n) is 5.24. The lowest BCUT2D eigenvalue weighted by Gasteiger charge is -2.27. The molecule has 0 saturated carbocycles. The van der Waals surface area contributed by atoms with Gasteiger partial charge in [0.1, 0.15) is 11.6 Å². The molecule has 0 atom stereocenters. The molecule has 0 radical (unpaired) electrons. The Labute approximate surface area is 134 Å². The highest BCUT2D eigenvalue weighted by Crippen LogP contribution is 2.20. The standard InChI is InChI=1S/C17H17N5O/c18-11-14(17(23)22-9-7-19-8-10-22)12-21-15-5-1-3-13-4-2-6-20-16(13)15/h1-6,12,19,21H,7-10H2/b14-12-. The first kappa shape index (κ1) is 15.0. The fraction of sp³-hybridized carbons (Fsp3) is 0.235. The van der Waals surface area contributed by atoms with Crippen LogP contribution in [0.25, 0.3) is 10.9 Å². The van der Waals surface area contributed by atoms with Crippen molar-refractivity contribution in [2.45, 2.75) is 0 Å². The van der Waals surface area contributed by atoms with Crippen LogP contribution in [0.2, 0.25) is 0 Å². The van der Waals surface area contributed by atoms with Gasteiger partial charge >= 0.3 is 0 Å². The second-order valence-corrected chi connectivity index (χ2v) is 5.24. The summed E-state index contributed by atoms with van der Waals surface area (Å²) in [6.45, 7) is 2.75. The number of nitrogens with zero attached hydrogens (tertiary/aromatic N) is 3. The topological polar surface area (TPSA) is 81.0 Å². The number of para-hydroxylation sites is 1. The summed E-state index contributed by atoms with van der Waals surface area (Å²) in [5.41, 5.74) is 1.67. The van der Waals surface area contributed by atoms with Gasteiger partial charge in [-0.25, -0.2) is 0 Å². The van der Waals surface area contributed by atoms with Gasteiger partial charge in [0.25, 0.3) is 5.91 Å². The van der Waals surface area contributed by atoms with Crippen LogP contribution in [0.3, 0.4) is 0 Å². The number of piperazine rings is 1. The summed E-state index contributed by atoms with van der Waals surface area (Å²) in [6, 6.07) is 11.6. The van der Waals surface area contributed by atoms with Crippen molar-refractivity contribution >= 4 is 22.5 Å². The molecule has 1 fully saturated rings. The van der Waals surface area contributed by atoms with Gasteiger partial charge in [0, 0.05) is 44.0 Å². The molecule has 1 aliphatic rings. The Hall–Kier alpha value is -2.91. The Kier molecular flexibility index (Phi) is 4.50. The van der Waals surface area contributed by atoms with Gasteiger partial charge < -0.3 is 15.5 Å². The van der Waals surface area contributed by atoms with Crippen LogP contribution in [0.5, 0.6) is 0 Å². The number of carbonyl (C=O) groups excluding carboxylic acids is 1. The predicted octanol–water partition coefficient (Wildman–Crippen LogP) is 1.49. The highest BCUT2D eigenvalue weighted by molar-refractivity contribution is 5.98. The van der Waals surface area contributed by atoms with Gasteiger partial charge in [-0.05, 0) is 12.1 Å². The Morgan fingerprint density at radius 2 is 2.09 bits per heavy atom. The summed E-state index contributed by atoms with van der Waals surface area (Å²) in [7, 11) is 0. The van der Waals surface area contributed by atoms with Crippen LogP contribution in [0, 0.1) is 11.3 Å². The maximum absolute atomic E-state index is 12.4. The first-order valence-corrected chi connectivity index (χ1v) is 7.50. The van der Waals surface area contributed by atoms with Gasteiger partial charge in [-0.2, -0.15) is 5.26 Å². The molecule has 0 bridgehead atoms. The van der Waals surface area contributed by atoms with E-state index in [9.17, 15) is 10.1 Å². The van der Waals surface area contributed by atoms with Gasteiger partial charge in [-0.3, -0.25) is 9.78 Å². The van der Waals surface area contributed by atoms with E-state index in [2.05, 4.69) is 15.6 Å². The summed E-state index contributed by atoms with van der Waals surface area (Å²) < 4.78 is 0. The Morgan fingerprint density at radius 1 is 1.30 bits per heavy atom. The molecule has 116 valence electrons. The van der Waals surface area contributed by atoms with E-state index in [1.165, 1.54) is 6.20 Å². The molecule has 2 N–H and O–H groups in total. The van der Waals surface area contributed by atoms with Crippen LogP contribution in [-0.2, 0) is 4.79 Å². The Balaban J connectivity index is 1.81. The quantitative estimate of drug-likeness (QED) is 0.663. The highest BCUT2D eigenvalue weighted by Gasteiger charge is 2.19. The lowest BCUT2D eigenvalue weighted by atomic mass is 10.2. The third-order valence-electron chi connectivity index (χ3n) is 3.76. The molecule has 6 heteroatoms. The summed E-state index contributed by atoms with van der Waals surface area (Å²) in [6.07, 6.45) is 3.18. The molecule has 23 heavy (non-hydrogen) atoms. The molecule has 1 aromatic heterocycles. The summed E-state index contributed by atoms with van der Waals surface area (Å²) >= 11 is 0. The first-order chi connectivity index (χ1) is 11.3. The molecule has 1 aromatic carbocycles. The van der Waals surface area contributed by atoms with E-state index in [1.807, 2.05) is 36.4 Å². The van der Waals surface area contributed by atoms with Crippen LogP contribution in [0.15, 0.2) is 48.3 Å². The van der Waals surface area contributed by atoms with Crippen LogP contribution >= 0.6 is 0 Å². The van der Waals surface area contributed by atoms with E-state index in [0.717, 1.165) is 29.7 Å². The Bertz CT molecular complexity index is 782. The smallest absolute Gasteiger partial charge is 0.266 e. The van der Waals surface area contributed by atoms with Crippen molar-refractivity contribution < 1.29 is 4.79 Å². The molecular weight excluding hydrogens is 290 g/mol. The second kappa shape index (κ2) is 6.90. The van der Waals surface area contributed by atoms with Gasteiger partial charge in [-0.1, -0.05) is 18.2 Å². The minimum atomic E-state index is -0.241. The third-order valence-corrected chi connectivity index (χ3v) is 3.76. The van der Waals surface area contributed by atoms with Crippen molar-refractivity contribution in [3.8, 4) is 6.07 Å². The van der Waals surface area contributed by atoms with E-state index in [-0.39, 0.29) is 11.5 Å². The van der Waals surface area contributed by atoms with Crippen molar-refractivity contribution in [3.05, 3.63) is 48.3 Å². The predicted molar refractivity (Wildman–Crippen MR) is 88.5 cm³/mol. The molecule has 0 aliphatic carbocycles. The van der Waals surface area contributed by atoms with Crippen molar-refractivity contribution in [1.29, 1.82) is 5.26 Å². The molecule has 3 rings (SSSR count). The van der Waals surface area contributed by atoms with E-state index in [1.54, 1.807) is 11.1 Å². The number of nitriles is 1. The average molecular weight is 307 g/mol. The van der Waals surface area contributed by atoms with Crippen molar-refractivity contribution in [2.24, 2.45) is 0 Å². The fourth-order valence-electron chi connectivity index (χ4n) is 2.55. The lowest BCUT2D eigenvalue weighted by molar-refractivity contribution is -0.127. The van der Waals surface area contributed by atoms with Crippen molar-refractivity contribution in [1.82, 2.24) is 15.2 Å². The maximum Gasteiger partial charge on any atom is 0.266 e. The molecule has 1 amide bonds. The van der Waals surface area contributed by atoms with E-state index >= 15 is 0 Å². The maximum atomic E-state index is 12.4. The molecule has 2 heterocycles. The monoisotopic (exact) mass is 307 g/mol. The number of amides is 1. The van der Waals surface area contributed by atoms with Crippen LogP contribution in [0.1, 0.15) is 0 Å². The minimum Gasteiger partial charge on any atom is -0.358 e. The van der Waals surface area contributed by atoms with Crippen LogP contribution in [0.4, 0.5) is 5.69 Å². The zero-order valence-corrected chi connectivity index (χ0v) is 12.6. The van der Waals surface area contributed by atoms with Gasteiger partial charge in [0.15, 0.2) is 0 Å². The number of anilines is 1. The molecule has 1 saturated heterocycles. The number of pyridine rings is 1. The number of nitrogens with one attached hydrogen (secondary N) is 2. The lowest BCUT2D eigenvalue weighted by Crippen LogP contribution is -2.46. The largest absolute Gasteiger partial charge is 0.358 e. The number of carbonyl (C=O) groups is 1. The Morgan fingerprint density at radius 3 is 2.87 bits per heavy atom. The average Bonchev–Trinajstić information content (AvgIpc) is 2.63. The van der Waals surface area contributed by atoms with E-state index < -0.39 is 0 Å². The normalized spacial score (nSPS) is 15.3. The number of aromatic nitrogens is 1. The molecule has 2 aromatic rings. The van der Waals surface area contributed by atoms with E-state index in [4.69, 9.17) is 0 Å². The van der Waals surface area contributed by atoms with Crippen molar-refractivity contribution in [3.63, 3.8) is 0 Å². The molecule has 6 nitrogen and oxygen atoms in total. The number of benzene rings is 1. The molecule has 1 aliphatic heterocycles. The van der Waals surface area contributed by atoms with Crippen LogP contribution < -0.4 is 10.6 Å².